The van der Waals surface area contributed by atoms with Gasteiger partial charge in [-0.15, -0.1) is 11.3 Å². The van der Waals surface area contributed by atoms with Crippen LogP contribution in [-0.4, -0.2) is 59.9 Å². The summed E-state index contributed by atoms with van der Waals surface area (Å²) in [6.45, 7) is 2.64. The summed E-state index contributed by atoms with van der Waals surface area (Å²) in [4.78, 5) is 36.4. The number of nitrogens with zero attached hydrogens (tertiary/aromatic N) is 4. The van der Waals surface area contributed by atoms with Crippen molar-refractivity contribution in [1.29, 1.82) is 0 Å². The molecule has 3 amide bonds. The molecular weight excluding hydrogens is 515 g/mol. The van der Waals surface area contributed by atoms with Crippen LogP contribution < -0.4 is 9.64 Å². The van der Waals surface area contributed by atoms with E-state index in [9.17, 15) is 9.59 Å². The summed E-state index contributed by atoms with van der Waals surface area (Å²) in [5.41, 5.74) is 3.33. The van der Waals surface area contributed by atoms with Crippen LogP contribution in [-0.2, 0) is 11.2 Å². The number of pyridine rings is 1. The van der Waals surface area contributed by atoms with Crippen molar-refractivity contribution in [1.82, 2.24) is 14.8 Å². The summed E-state index contributed by atoms with van der Waals surface area (Å²) in [5.74, 6) is -0.328. The normalized spacial score (nSPS) is 16.2. The molecule has 1 fully saturated rings. The highest BCUT2D eigenvalue weighted by molar-refractivity contribution is 7.20. The lowest BCUT2D eigenvalue weighted by molar-refractivity contribution is -0.126. The van der Waals surface area contributed by atoms with Crippen LogP contribution in [0.2, 0.25) is 0 Å². The molecule has 0 radical (unpaired) electrons. The number of halogens is 1. The number of ether oxygens (including phenoxy) is 1. The summed E-state index contributed by atoms with van der Waals surface area (Å²) < 4.78 is 22.0. The second-order valence-electron chi connectivity index (χ2n) is 9.73. The third-order valence-corrected chi connectivity index (χ3v) is 8.27. The van der Waals surface area contributed by atoms with E-state index in [0.29, 0.717) is 24.4 Å². The summed E-state index contributed by atoms with van der Waals surface area (Å²) in [6.07, 6.45) is 4.79. The number of thiophene rings is 1. The van der Waals surface area contributed by atoms with Crippen LogP contribution in [0, 0.1) is 5.82 Å². The molecule has 2 aliphatic rings. The van der Waals surface area contributed by atoms with Crippen molar-refractivity contribution in [2.24, 2.45) is 0 Å². The fourth-order valence-electron chi connectivity index (χ4n) is 4.89. The fourth-order valence-corrected chi connectivity index (χ4v) is 6.02. The van der Waals surface area contributed by atoms with E-state index in [-0.39, 0.29) is 24.1 Å². The number of rotatable bonds is 6. The zero-order valence-electron chi connectivity index (χ0n) is 21.5. The van der Waals surface area contributed by atoms with Crippen LogP contribution in [0.4, 0.5) is 14.9 Å². The second-order valence-corrected chi connectivity index (χ2v) is 10.8. The Kier molecular flexibility index (Phi) is 6.85. The number of amides is 3. The Balaban J connectivity index is 1.15. The Morgan fingerprint density at radius 3 is 2.67 bits per heavy atom. The number of urea groups is 1. The molecule has 0 spiro atoms. The van der Waals surface area contributed by atoms with Gasteiger partial charge in [-0.2, -0.15) is 0 Å². The third-order valence-electron chi connectivity index (χ3n) is 7.05. The van der Waals surface area contributed by atoms with E-state index in [1.54, 1.807) is 34.6 Å². The van der Waals surface area contributed by atoms with Crippen LogP contribution in [0.1, 0.15) is 16.9 Å². The molecule has 1 saturated heterocycles. The van der Waals surface area contributed by atoms with Crippen LogP contribution in [0.25, 0.3) is 15.8 Å². The highest BCUT2D eigenvalue weighted by Gasteiger charge is 2.33. The number of hydrogen-bond donors (Lipinski definition) is 0. The minimum absolute atomic E-state index is 0.0691. The van der Waals surface area contributed by atoms with Gasteiger partial charge in [0.05, 0.1) is 16.6 Å². The molecule has 0 saturated carbocycles. The van der Waals surface area contributed by atoms with Crippen LogP contribution in [0.5, 0.6) is 11.5 Å². The molecule has 7 nitrogen and oxygen atoms in total. The zero-order valence-corrected chi connectivity index (χ0v) is 22.3. The van der Waals surface area contributed by atoms with Gasteiger partial charge in [0.25, 0.3) is 0 Å². The summed E-state index contributed by atoms with van der Waals surface area (Å²) in [7, 11) is 2.10. The maximum Gasteiger partial charge on any atom is 0.331 e. The van der Waals surface area contributed by atoms with Gasteiger partial charge in [0.1, 0.15) is 5.75 Å². The fraction of sp³-hybridized carbons (Fsp3) is 0.233. The topological polar surface area (TPSA) is 66.0 Å². The highest BCUT2D eigenvalue weighted by atomic mass is 32.1. The Labute approximate surface area is 229 Å². The minimum Gasteiger partial charge on any atom is -0.453 e. The number of fused-ring (bicyclic) bond motifs is 1. The average molecular weight is 543 g/mol. The van der Waals surface area contributed by atoms with E-state index in [0.717, 1.165) is 40.3 Å². The van der Waals surface area contributed by atoms with Gasteiger partial charge in [-0.3, -0.25) is 19.6 Å². The van der Waals surface area contributed by atoms with Crippen molar-refractivity contribution >= 4 is 44.8 Å². The molecule has 39 heavy (non-hydrogen) atoms. The van der Waals surface area contributed by atoms with E-state index >= 15 is 4.39 Å². The molecule has 0 aliphatic carbocycles. The summed E-state index contributed by atoms with van der Waals surface area (Å²) >= 11 is 1.60. The number of para-hydroxylation sites is 1. The maximum atomic E-state index is 15.1. The molecule has 2 aliphatic heterocycles. The lowest BCUT2D eigenvalue weighted by Gasteiger charge is -2.21. The van der Waals surface area contributed by atoms with E-state index < -0.39 is 5.82 Å². The predicted octanol–water partition coefficient (Wildman–Crippen LogP) is 5.96. The predicted molar refractivity (Wildman–Crippen MR) is 151 cm³/mol. The van der Waals surface area contributed by atoms with E-state index in [1.807, 2.05) is 30.3 Å². The molecule has 0 N–H and O–H groups in total. The van der Waals surface area contributed by atoms with Crippen molar-refractivity contribution in [3.05, 3.63) is 89.2 Å². The van der Waals surface area contributed by atoms with Gasteiger partial charge in [0, 0.05) is 49.0 Å². The van der Waals surface area contributed by atoms with Gasteiger partial charge >= 0.3 is 6.03 Å². The van der Waals surface area contributed by atoms with E-state index in [2.05, 4.69) is 29.1 Å². The molecular formula is C30H27FN4O3S. The number of hydrogen-bond acceptors (Lipinski definition) is 6. The highest BCUT2D eigenvalue weighted by Crippen LogP contribution is 2.39. The Hall–Kier alpha value is -4.08. The van der Waals surface area contributed by atoms with E-state index in [1.165, 1.54) is 22.6 Å². The monoisotopic (exact) mass is 542 g/mol. The first kappa shape index (κ1) is 25.2. The molecule has 6 rings (SSSR count). The lowest BCUT2D eigenvalue weighted by atomic mass is 10.1. The number of likely N-dealkylation sites (N-methyl/N-ethyl adjacent to an activating group) is 1. The van der Waals surface area contributed by atoms with Gasteiger partial charge in [-0.05, 0) is 54.9 Å². The largest absolute Gasteiger partial charge is 0.453 e. The smallest absolute Gasteiger partial charge is 0.331 e. The Bertz CT molecular complexity index is 1590. The molecule has 4 heterocycles. The lowest BCUT2D eigenvalue weighted by Crippen LogP contribution is -2.37. The van der Waals surface area contributed by atoms with Crippen molar-refractivity contribution in [3.63, 3.8) is 0 Å². The number of benzene rings is 2. The first-order chi connectivity index (χ1) is 19.0. The van der Waals surface area contributed by atoms with Crippen molar-refractivity contribution in [2.45, 2.75) is 12.8 Å². The van der Waals surface area contributed by atoms with Gasteiger partial charge in [-0.1, -0.05) is 30.3 Å². The Morgan fingerprint density at radius 1 is 1.05 bits per heavy atom. The molecule has 0 unspecified atom stereocenters. The SMILES string of the molecule is CN1CC=C(c2cc3nccc(Oc4ccc(CC(=O)N5CCN(c6ccccc6)C5=O)cc4F)c3s2)CC1. The molecule has 0 atom stereocenters. The quantitative estimate of drug-likeness (QED) is 0.301. The van der Waals surface area contributed by atoms with Crippen molar-refractivity contribution in [2.75, 3.05) is 38.1 Å². The third kappa shape index (κ3) is 5.15. The molecule has 198 valence electrons. The van der Waals surface area contributed by atoms with E-state index in [4.69, 9.17) is 4.74 Å². The van der Waals surface area contributed by atoms with Gasteiger partial charge < -0.3 is 9.64 Å². The van der Waals surface area contributed by atoms with Crippen LogP contribution in [0.15, 0.2) is 72.9 Å². The molecule has 2 aromatic carbocycles. The number of imide groups is 1. The summed E-state index contributed by atoms with van der Waals surface area (Å²) in [5, 5.41) is 0. The molecule has 9 heteroatoms. The van der Waals surface area contributed by atoms with Crippen molar-refractivity contribution < 1.29 is 18.7 Å². The van der Waals surface area contributed by atoms with Crippen LogP contribution >= 0.6 is 11.3 Å². The average Bonchev–Trinajstić information content (AvgIpc) is 3.55. The Morgan fingerprint density at radius 2 is 1.90 bits per heavy atom. The zero-order chi connectivity index (χ0) is 26.9. The number of carbonyl (C=O) groups is 2. The van der Waals surface area contributed by atoms with Gasteiger partial charge in [0.2, 0.25) is 5.91 Å². The standard InChI is InChI=1S/C30H27FN4O3S/c1-33-13-10-21(11-14-33)27-19-24-29(39-27)26(9-12-32-24)38-25-8-7-20(17-23(25)31)18-28(36)35-16-15-34(30(35)37)22-5-3-2-4-6-22/h2-10,12,17,19H,11,13-16,18H2,1H3. The molecule has 2 aromatic heterocycles. The molecule has 4 aromatic rings. The first-order valence-corrected chi connectivity index (χ1v) is 13.7. The van der Waals surface area contributed by atoms with Gasteiger partial charge in [-0.25, -0.2) is 9.18 Å². The van der Waals surface area contributed by atoms with Crippen molar-refractivity contribution in [3.8, 4) is 11.5 Å². The van der Waals surface area contributed by atoms with Gasteiger partial charge in [0.15, 0.2) is 11.6 Å². The number of anilines is 1. The summed E-state index contributed by atoms with van der Waals surface area (Å²) in [6, 6.07) is 17.2. The number of aromatic nitrogens is 1. The first-order valence-electron chi connectivity index (χ1n) is 12.9. The minimum atomic E-state index is -0.571. The number of carbonyl (C=O) groups excluding carboxylic acids is 2. The second kappa shape index (κ2) is 10.6. The molecule has 0 bridgehead atoms. The van der Waals surface area contributed by atoms with Crippen LogP contribution in [0.3, 0.4) is 0 Å². The maximum absolute atomic E-state index is 15.1.